The Kier molecular flexibility index (Phi) is 60.9. The van der Waals surface area contributed by atoms with Crippen LogP contribution in [0.25, 0.3) is 0 Å². The summed E-state index contributed by atoms with van der Waals surface area (Å²) in [5, 5.41) is 0. The van der Waals surface area contributed by atoms with E-state index in [1.807, 2.05) is 0 Å². The van der Waals surface area contributed by atoms with E-state index in [2.05, 4.69) is 167 Å². The van der Waals surface area contributed by atoms with E-state index in [0.29, 0.717) is 19.3 Å². The van der Waals surface area contributed by atoms with E-state index in [0.717, 1.165) is 161 Å². The van der Waals surface area contributed by atoms with Gasteiger partial charge in [-0.05, 0) is 141 Å². The van der Waals surface area contributed by atoms with Crippen LogP contribution >= 0.6 is 0 Å². The summed E-state index contributed by atoms with van der Waals surface area (Å²) in [6.45, 7) is 6.44. The van der Waals surface area contributed by atoms with Crippen LogP contribution < -0.4 is 0 Å². The minimum Gasteiger partial charge on any atom is -0.462 e. The highest BCUT2D eigenvalue weighted by atomic mass is 16.6. The molecule has 0 aliphatic heterocycles. The Morgan fingerprint density at radius 2 is 0.513 bits per heavy atom. The fourth-order valence-electron chi connectivity index (χ4n) is 8.27. The number of carbonyl (C=O) groups is 3. The molecular formula is C72H116O6. The maximum atomic E-state index is 12.8. The van der Waals surface area contributed by atoms with Crippen molar-refractivity contribution in [3.8, 4) is 0 Å². The highest BCUT2D eigenvalue weighted by Gasteiger charge is 2.19. The molecule has 0 spiro atoms. The predicted molar refractivity (Wildman–Crippen MR) is 339 cm³/mol. The van der Waals surface area contributed by atoms with Crippen LogP contribution in [0.2, 0.25) is 0 Å². The van der Waals surface area contributed by atoms with Crippen LogP contribution in [0.4, 0.5) is 0 Å². The third kappa shape index (κ3) is 62.1. The molecule has 0 N–H and O–H groups in total. The van der Waals surface area contributed by atoms with Crippen molar-refractivity contribution in [3.05, 3.63) is 146 Å². The first kappa shape index (κ1) is 73.3. The standard InChI is InChI=1S/C72H116O6/c1-4-7-10-13-16-19-22-24-26-27-28-29-30-31-32-33-34-35-36-37-38-39-40-41-42-43-44-45-46-48-50-53-56-59-62-65-71(74)77-68-69(67-76-70(73)64-61-58-55-52-49-21-18-15-12-9-6-3)78-72(75)66-63-60-57-54-51-47-25-23-20-17-14-11-8-5-2/h7,10,15-16,18-19,23-26,28-29,31-32,34-35,37-38,40-41,43-44,46,48,69H,4-6,8-9,11-14,17,20-22,27,30,33,36,39,42,45,47,49-68H2,1-3H3/b10-7-,18-15-,19-16-,25-23-,26-24-,29-28-,32-31-,35-34-,38-37-,41-40-,44-43-,48-46-. The van der Waals surface area contributed by atoms with E-state index in [4.69, 9.17) is 14.2 Å². The summed E-state index contributed by atoms with van der Waals surface area (Å²) in [6, 6.07) is 0. The maximum absolute atomic E-state index is 12.8. The van der Waals surface area contributed by atoms with Crippen LogP contribution in [0.3, 0.4) is 0 Å². The third-order valence-corrected chi connectivity index (χ3v) is 13.0. The Balaban J connectivity index is 4.29. The van der Waals surface area contributed by atoms with Gasteiger partial charge < -0.3 is 14.2 Å². The summed E-state index contributed by atoms with van der Waals surface area (Å²) in [5.74, 6) is -0.944. The molecular weight excluding hydrogens is 961 g/mol. The zero-order chi connectivity index (χ0) is 56.4. The first-order valence-corrected chi connectivity index (χ1v) is 31.8. The lowest BCUT2D eigenvalue weighted by Gasteiger charge is -2.18. The zero-order valence-corrected chi connectivity index (χ0v) is 50.4. The number of ether oxygens (including phenoxy) is 3. The molecule has 78 heavy (non-hydrogen) atoms. The minimum atomic E-state index is -0.801. The van der Waals surface area contributed by atoms with Crippen LogP contribution in [-0.4, -0.2) is 37.2 Å². The number of rotatable bonds is 56. The quantitative estimate of drug-likeness (QED) is 0.0261. The summed E-state index contributed by atoms with van der Waals surface area (Å²) in [4.78, 5) is 38.1. The Morgan fingerprint density at radius 3 is 0.833 bits per heavy atom. The largest absolute Gasteiger partial charge is 0.462 e. The number of allylic oxidation sites excluding steroid dienone is 24. The molecule has 0 aromatic heterocycles. The molecule has 0 bridgehead atoms. The summed E-state index contributed by atoms with van der Waals surface area (Å²) in [5.41, 5.74) is 0. The fraction of sp³-hybridized carbons (Fsp3) is 0.625. The number of hydrogen-bond acceptors (Lipinski definition) is 6. The molecule has 6 heteroatoms. The summed E-state index contributed by atoms with van der Waals surface area (Å²) in [7, 11) is 0. The number of carbonyl (C=O) groups excluding carboxylic acids is 3. The molecule has 0 saturated carbocycles. The third-order valence-electron chi connectivity index (χ3n) is 13.0. The number of hydrogen-bond donors (Lipinski definition) is 0. The lowest BCUT2D eigenvalue weighted by atomic mass is 10.1. The highest BCUT2D eigenvalue weighted by molar-refractivity contribution is 5.71. The average Bonchev–Trinajstić information content (AvgIpc) is 3.44. The second-order valence-electron chi connectivity index (χ2n) is 20.6. The second-order valence-corrected chi connectivity index (χ2v) is 20.6. The minimum absolute atomic E-state index is 0.0973. The molecule has 0 aliphatic carbocycles. The van der Waals surface area contributed by atoms with Gasteiger partial charge in [0.1, 0.15) is 13.2 Å². The maximum Gasteiger partial charge on any atom is 0.306 e. The van der Waals surface area contributed by atoms with Crippen LogP contribution in [0.5, 0.6) is 0 Å². The Bertz CT molecular complexity index is 1710. The molecule has 6 nitrogen and oxygen atoms in total. The predicted octanol–water partition coefficient (Wildman–Crippen LogP) is 21.9. The zero-order valence-electron chi connectivity index (χ0n) is 50.4. The van der Waals surface area contributed by atoms with Crippen molar-refractivity contribution in [1.82, 2.24) is 0 Å². The van der Waals surface area contributed by atoms with Crippen LogP contribution in [0.15, 0.2) is 146 Å². The molecule has 0 radical (unpaired) electrons. The highest BCUT2D eigenvalue weighted by Crippen LogP contribution is 2.14. The molecule has 0 heterocycles. The van der Waals surface area contributed by atoms with Crippen molar-refractivity contribution >= 4 is 17.9 Å². The molecule has 0 aromatic rings. The van der Waals surface area contributed by atoms with Crippen molar-refractivity contribution in [1.29, 1.82) is 0 Å². The van der Waals surface area contributed by atoms with Crippen molar-refractivity contribution < 1.29 is 28.6 Å². The molecule has 0 amide bonds. The van der Waals surface area contributed by atoms with E-state index in [-0.39, 0.29) is 31.1 Å². The molecule has 0 aliphatic rings. The molecule has 0 fully saturated rings. The topological polar surface area (TPSA) is 78.9 Å². The van der Waals surface area contributed by atoms with Gasteiger partial charge in [0.25, 0.3) is 0 Å². The van der Waals surface area contributed by atoms with E-state index in [9.17, 15) is 14.4 Å². The summed E-state index contributed by atoms with van der Waals surface area (Å²) < 4.78 is 16.8. The first-order valence-electron chi connectivity index (χ1n) is 31.8. The lowest BCUT2D eigenvalue weighted by molar-refractivity contribution is -0.167. The van der Waals surface area contributed by atoms with Crippen LogP contribution in [0, 0.1) is 0 Å². The Labute approximate surface area is 480 Å². The van der Waals surface area contributed by atoms with Crippen molar-refractivity contribution in [3.63, 3.8) is 0 Å². The fourth-order valence-corrected chi connectivity index (χ4v) is 8.27. The average molecular weight is 1080 g/mol. The molecule has 0 rings (SSSR count). The van der Waals surface area contributed by atoms with Crippen molar-refractivity contribution in [2.45, 2.75) is 277 Å². The first-order chi connectivity index (χ1) is 38.5. The second kappa shape index (κ2) is 64.8. The van der Waals surface area contributed by atoms with Gasteiger partial charge in [-0.1, -0.05) is 256 Å². The van der Waals surface area contributed by atoms with E-state index < -0.39 is 6.10 Å². The smallest absolute Gasteiger partial charge is 0.306 e. The molecule has 0 aromatic carbocycles. The van der Waals surface area contributed by atoms with Gasteiger partial charge in [-0.15, -0.1) is 0 Å². The van der Waals surface area contributed by atoms with Gasteiger partial charge in [-0.25, -0.2) is 0 Å². The Morgan fingerprint density at radius 1 is 0.269 bits per heavy atom. The van der Waals surface area contributed by atoms with Gasteiger partial charge in [-0.2, -0.15) is 0 Å². The molecule has 0 saturated heterocycles. The van der Waals surface area contributed by atoms with Gasteiger partial charge in [0.15, 0.2) is 6.10 Å². The van der Waals surface area contributed by atoms with E-state index in [1.165, 1.54) is 70.6 Å². The normalized spacial score (nSPS) is 13.1. The van der Waals surface area contributed by atoms with E-state index in [1.54, 1.807) is 0 Å². The Hall–Kier alpha value is -4.71. The van der Waals surface area contributed by atoms with Gasteiger partial charge >= 0.3 is 17.9 Å². The monoisotopic (exact) mass is 1080 g/mol. The molecule has 1 atom stereocenters. The van der Waals surface area contributed by atoms with Crippen LogP contribution in [-0.2, 0) is 28.6 Å². The van der Waals surface area contributed by atoms with E-state index >= 15 is 0 Å². The van der Waals surface area contributed by atoms with Crippen LogP contribution in [0.1, 0.15) is 271 Å². The summed E-state index contributed by atoms with van der Waals surface area (Å²) >= 11 is 0. The SMILES string of the molecule is CC/C=C\C/C=C\C/C=C\C/C=C\C/C=C\C/C=C\C/C=C\C/C=C\C/C=C\C/C=C\CCCCCCC(=O)OCC(COC(=O)CCCCCCC/C=C\CCCC)OC(=O)CCCCCCC/C=C\CCCCCCC. The number of unbranched alkanes of at least 4 members (excludes halogenated alkanes) is 21. The van der Waals surface area contributed by atoms with Gasteiger partial charge in [-0.3, -0.25) is 14.4 Å². The molecule has 1 unspecified atom stereocenters. The van der Waals surface area contributed by atoms with Gasteiger partial charge in [0.05, 0.1) is 0 Å². The van der Waals surface area contributed by atoms with Gasteiger partial charge in [0.2, 0.25) is 0 Å². The van der Waals surface area contributed by atoms with Gasteiger partial charge in [0, 0.05) is 19.3 Å². The number of esters is 3. The van der Waals surface area contributed by atoms with Crippen molar-refractivity contribution in [2.75, 3.05) is 13.2 Å². The molecule has 440 valence electrons. The van der Waals surface area contributed by atoms with Crippen molar-refractivity contribution in [2.24, 2.45) is 0 Å². The lowest BCUT2D eigenvalue weighted by Crippen LogP contribution is -2.30. The summed E-state index contributed by atoms with van der Waals surface area (Å²) in [6.07, 6.45) is 92.9.